The second-order valence-corrected chi connectivity index (χ2v) is 11.4. The van der Waals surface area contributed by atoms with Crippen molar-refractivity contribution < 1.29 is 29.1 Å². The summed E-state index contributed by atoms with van der Waals surface area (Å²) in [5, 5.41) is 0. The third-order valence-corrected chi connectivity index (χ3v) is 7.06. The van der Waals surface area contributed by atoms with Gasteiger partial charge in [0.25, 0.3) is 0 Å². The van der Waals surface area contributed by atoms with Crippen LogP contribution in [0, 0.1) is 23.7 Å². The van der Waals surface area contributed by atoms with Crippen molar-refractivity contribution >= 4 is 11.9 Å². The van der Waals surface area contributed by atoms with Crippen LogP contribution in [0.5, 0.6) is 0 Å². The second-order valence-electron chi connectivity index (χ2n) is 11.4. The summed E-state index contributed by atoms with van der Waals surface area (Å²) >= 11 is 0. The molecule has 35 heavy (non-hydrogen) atoms. The van der Waals surface area contributed by atoms with Gasteiger partial charge >= 0.3 is 11.9 Å². The van der Waals surface area contributed by atoms with Gasteiger partial charge in [0.05, 0.1) is 18.4 Å². The maximum Gasteiger partial charge on any atom is 0.345 e. The maximum absolute atomic E-state index is 13.1. The Morgan fingerprint density at radius 3 is 1.66 bits per heavy atom. The molecule has 0 aromatic carbocycles. The second kappa shape index (κ2) is 18.2. The number of rotatable bonds is 18. The van der Waals surface area contributed by atoms with Crippen LogP contribution in [0.25, 0.3) is 0 Å². The highest BCUT2D eigenvalue weighted by atomic mass is 17.2. The van der Waals surface area contributed by atoms with Crippen LogP contribution in [-0.2, 0) is 29.1 Å². The smallest absolute Gasteiger partial charge is 0.298 e. The molecule has 1 aliphatic carbocycles. The molecule has 0 radical (unpaired) electrons. The van der Waals surface area contributed by atoms with Crippen LogP contribution in [-0.4, -0.2) is 24.1 Å². The van der Waals surface area contributed by atoms with Crippen LogP contribution in [0.4, 0.5) is 0 Å². The summed E-state index contributed by atoms with van der Waals surface area (Å²) in [6.07, 6.45) is 15.7. The van der Waals surface area contributed by atoms with Crippen molar-refractivity contribution in [2.45, 2.75) is 143 Å². The van der Waals surface area contributed by atoms with E-state index >= 15 is 0 Å². The Labute approximate surface area is 215 Å². The van der Waals surface area contributed by atoms with Crippen LogP contribution in [0.2, 0.25) is 0 Å². The van der Waals surface area contributed by atoms with E-state index in [0.717, 1.165) is 44.9 Å². The molecule has 206 valence electrons. The predicted octanol–water partition coefficient (Wildman–Crippen LogP) is 8.12. The molecule has 0 saturated heterocycles. The molecule has 0 aromatic heterocycles. The lowest BCUT2D eigenvalue weighted by atomic mass is 9.65. The third kappa shape index (κ3) is 13.7. The number of hydrogen-bond donors (Lipinski definition) is 0. The molecule has 1 aliphatic rings. The van der Waals surface area contributed by atoms with E-state index in [9.17, 15) is 9.59 Å². The fraction of sp³-hybridized carbons (Fsp3) is 0.931. The zero-order valence-corrected chi connectivity index (χ0v) is 23.6. The van der Waals surface area contributed by atoms with Gasteiger partial charge in [-0.25, -0.2) is 9.59 Å². The van der Waals surface area contributed by atoms with Crippen molar-refractivity contribution in [2.24, 2.45) is 23.7 Å². The van der Waals surface area contributed by atoms with Gasteiger partial charge in [0.15, 0.2) is 0 Å². The van der Waals surface area contributed by atoms with Crippen molar-refractivity contribution in [2.75, 3.05) is 6.61 Å². The molecule has 1 saturated carbocycles. The molecule has 0 amide bonds. The average Bonchev–Trinajstić information content (AvgIpc) is 2.82. The van der Waals surface area contributed by atoms with Gasteiger partial charge in [-0.2, -0.15) is 9.78 Å². The molecule has 0 aromatic rings. The summed E-state index contributed by atoms with van der Waals surface area (Å²) in [5.41, 5.74) is -0.576. The Hall–Kier alpha value is -1.14. The zero-order valence-electron chi connectivity index (χ0n) is 23.6. The molecular formula is C29H54O6. The van der Waals surface area contributed by atoms with E-state index < -0.39 is 5.60 Å². The van der Waals surface area contributed by atoms with E-state index in [1.807, 2.05) is 20.8 Å². The summed E-state index contributed by atoms with van der Waals surface area (Å²) in [7, 11) is 0. The van der Waals surface area contributed by atoms with E-state index in [2.05, 4.69) is 20.8 Å². The number of carbonyl (C=O) groups excluding carboxylic acids is 2. The molecule has 1 fully saturated rings. The van der Waals surface area contributed by atoms with Crippen molar-refractivity contribution in [1.82, 2.24) is 0 Å². The number of carbonyl (C=O) groups is 2. The average molecular weight is 499 g/mol. The molecule has 0 aliphatic heterocycles. The highest BCUT2D eigenvalue weighted by Gasteiger charge is 2.45. The van der Waals surface area contributed by atoms with Gasteiger partial charge in [-0.1, -0.05) is 85.0 Å². The SMILES string of the molecule is CCCCCCCC1CC(CCCCCC)C(C(=O)OOC(C)(C)C)CC1C(=O)OOCCCC. The lowest BCUT2D eigenvalue weighted by molar-refractivity contribution is -0.325. The third-order valence-electron chi connectivity index (χ3n) is 7.06. The lowest BCUT2D eigenvalue weighted by Crippen LogP contribution is -2.41. The van der Waals surface area contributed by atoms with Gasteiger partial charge in [0, 0.05) is 0 Å². The molecule has 0 heterocycles. The fourth-order valence-corrected chi connectivity index (χ4v) is 5.03. The van der Waals surface area contributed by atoms with Crippen molar-refractivity contribution in [3.05, 3.63) is 0 Å². The van der Waals surface area contributed by atoms with Crippen LogP contribution in [0.3, 0.4) is 0 Å². The summed E-state index contributed by atoms with van der Waals surface area (Å²) in [5.74, 6) is -0.980. The normalized spacial score (nSPS) is 22.7. The van der Waals surface area contributed by atoms with Crippen LogP contribution in [0.1, 0.15) is 138 Å². The molecule has 1 rings (SSSR count). The van der Waals surface area contributed by atoms with Crippen LogP contribution >= 0.6 is 0 Å². The molecule has 0 bridgehead atoms. The molecule has 4 atom stereocenters. The molecule has 6 nitrogen and oxygen atoms in total. The standard InChI is InChI=1S/C29H54O6/c1-7-10-13-15-17-19-23-21-24(18-16-14-11-8-2)26(28(31)34-35-29(4,5)6)22-25(23)27(30)33-32-20-12-9-3/h23-26H,7-22H2,1-6H3. The van der Waals surface area contributed by atoms with Gasteiger partial charge in [-0.3, -0.25) is 9.78 Å². The van der Waals surface area contributed by atoms with Gasteiger partial charge in [0.1, 0.15) is 5.60 Å². The van der Waals surface area contributed by atoms with Crippen molar-refractivity contribution in [1.29, 1.82) is 0 Å². The van der Waals surface area contributed by atoms with E-state index in [1.54, 1.807) is 0 Å². The maximum atomic E-state index is 13.1. The highest BCUT2D eigenvalue weighted by Crippen LogP contribution is 2.44. The first kappa shape index (κ1) is 31.9. The molecular weight excluding hydrogens is 444 g/mol. The summed E-state index contributed by atoms with van der Waals surface area (Å²) < 4.78 is 0. The Morgan fingerprint density at radius 1 is 0.657 bits per heavy atom. The van der Waals surface area contributed by atoms with Crippen LogP contribution < -0.4 is 0 Å². The van der Waals surface area contributed by atoms with E-state index in [4.69, 9.17) is 19.6 Å². The van der Waals surface area contributed by atoms with Crippen molar-refractivity contribution in [3.63, 3.8) is 0 Å². The predicted molar refractivity (Wildman–Crippen MR) is 139 cm³/mol. The van der Waals surface area contributed by atoms with Gasteiger partial charge in [-0.05, 0) is 64.7 Å². The molecule has 0 spiro atoms. The summed E-state index contributed by atoms with van der Waals surface area (Å²) in [4.78, 5) is 47.3. The van der Waals surface area contributed by atoms with Gasteiger partial charge in [0.2, 0.25) is 0 Å². The van der Waals surface area contributed by atoms with Gasteiger partial charge < -0.3 is 0 Å². The first-order chi connectivity index (χ1) is 16.7. The Balaban J connectivity index is 2.94. The largest absolute Gasteiger partial charge is 0.345 e. The van der Waals surface area contributed by atoms with E-state index in [1.165, 1.54) is 44.9 Å². The minimum absolute atomic E-state index is 0.202. The fourth-order valence-electron chi connectivity index (χ4n) is 5.03. The lowest BCUT2D eigenvalue weighted by Gasteiger charge is -2.39. The van der Waals surface area contributed by atoms with E-state index in [0.29, 0.717) is 13.0 Å². The van der Waals surface area contributed by atoms with Crippen LogP contribution in [0.15, 0.2) is 0 Å². The summed E-state index contributed by atoms with van der Waals surface area (Å²) in [6, 6.07) is 0. The number of unbranched alkanes of at least 4 members (excludes halogenated alkanes) is 8. The zero-order chi connectivity index (χ0) is 26.1. The quantitative estimate of drug-likeness (QED) is 0.108. The first-order valence-electron chi connectivity index (χ1n) is 14.5. The first-order valence-corrected chi connectivity index (χ1v) is 14.5. The monoisotopic (exact) mass is 498 g/mol. The van der Waals surface area contributed by atoms with Crippen molar-refractivity contribution in [3.8, 4) is 0 Å². The summed E-state index contributed by atoms with van der Waals surface area (Å²) in [6.45, 7) is 12.5. The minimum atomic E-state index is -0.576. The van der Waals surface area contributed by atoms with E-state index in [-0.39, 0.29) is 35.6 Å². The molecule has 6 heteroatoms. The molecule has 0 N–H and O–H groups in total. The Bertz CT molecular complexity index is 570. The Morgan fingerprint density at radius 2 is 1.14 bits per heavy atom. The highest BCUT2D eigenvalue weighted by molar-refractivity contribution is 5.76. The topological polar surface area (TPSA) is 71.1 Å². The molecule has 4 unspecified atom stereocenters. The Kier molecular flexibility index (Phi) is 16.5. The number of hydrogen-bond acceptors (Lipinski definition) is 6. The minimum Gasteiger partial charge on any atom is -0.298 e. The van der Waals surface area contributed by atoms with Gasteiger partial charge in [-0.15, -0.1) is 0 Å².